The largest absolute Gasteiger partial charge is 0.368 e. The normalized spacial score (nSPS) is 14.8. The Morgan fingerprint density at radius 3 is 2.38 bits per heavy atom. The fourth-order valence-electron chi connectivity index (χ4n) is 3.45. The monoisotopic (exact) mass is 438 g/mol. The van der Waals surface area contributed by atoms with Gasteiger partial charge in [0.05, 0.1) is 28.1 Å². The van der Waals surface area contributed by atoms with Crippen molar-refractivity contribution in [2.75, 3.05) is 37.3 Å². The Morgan fingerprint density at radius 2 is 1.76 bits per heavy atom. The maximum atomic E-state index is 13.8. The average molecular weight is 439 g/mol. The smallest absolute Gasteiger partial charge is 0.161 e. The van der Waals surface area contributed by atoms with Gasteiger partial charge in [0.15, 0.2) is 11.6 Å². The van der Waals surface area contributed by atoms with Crippen LogP contribution < -0.4 is 4.90 Å². The lowest BCUT2D eigenvalue weighted by atomic mass is 10.1. The number of hydrogen-bond acceptors (Lipinski definition) is 4. The Bertz CT molecular complexity index is 977. The van der Waals surface area contributed by atoms with Gasteiger partial charge in [0.2, 0.25) is 0 Å². The molecule has 2 aromatic carbocycles. The van der Waals surface area contributed by atoms with Crippen molar-refractivity contribution in [3.05, 3.63) is 52.7 Å². The van der Waals surface area contributed by atoms with Crippen LogP contribution in [-0.4, -0.2) is 46.5 Å². The van der Waals surface area contributed by atoms with Gasteiger partial charge >= 0.3 is 0 Å². The number of fused-ring (bicyclic) bond motifs is 1. The molecular weight excluding hydrogens is 414 g/mol. The molecule has 0 saturated carbocycles. The van der Waals surface area contributed by atoms with Gasteiger partial charge in [0.1, 0.15) is 0 Å². The molecule has 1 aromatic heterocycles. The molecular formula is C21H25ClF2N4S. The van der Waals surface area contributed by atoms with E-state index in [2.05, 4.69) is 20.6 Å². The molecule has 2 heterocycles. The number of hydrogen-bond donors (Lipinski definition) is 0. The van der Waals surface area contributed by atoms with Gasteiger partial charge < -0.3 is 4.90 Å². The minimum Gasteiger partial charge on any atom is -0.368 e. The third-order valence-electron chi connectivity index (χ3n) is 4.94. The number of rotatable bonds is 3. The molecule has 0 aliphatic carbocycles. The van der Waals surface area contributed by atoms with E-state index < -0.39 is 11.6 Å². The topological polar surface area (TPSA) is 24.3 Å². The highest BCUT2D eigenvalue weighted by atomic mass is 35.5. The second-order valence-electron chi connectivity index (χ2n) is 6.54. The average Bonchev–Trinajstić information content (AvgIpc) is 3.18. The Hall–Kier alpha value is -1.83. The molecule has 0 radical (unpaired) electrons. The summed E-state index contributed by atoms with van der Waals surface area (Å²) in [6, 6.07) is 6.64. The van der Waals surface area contributed by atoms with E-state index in [9.17, 15) is 8.78 Å². The van der Waals surface area contributed by atoms with E-state index in [-0.39, 0.29) is 5.56 Å². The van der Waals surface area contributed by atoms with E-state index >= 15 is 0 Å². The van der Waals surface area contributed by atoms with Crippen LogP contribution in [0.25, 0.3) is 16.6 Å². The summed E-state index contributed by atoms with van der Waals surface area (Å²) in [5.74, 6) is -1.72. The van der Waals surface area contributed by atoms with Crippen molar-refractivity contribution in [3.8, 4) is 5.69 Å². The van der Waals surface area contributed by atoms with E-state index in [1.54, 1.807) is 28.9 Å². The molecule has 8 heteroatoms. The van der Waals surface area contributed by atoms with Crippen LogP contribution in [-0.2, 0) is 0 Å². The molecule has 4 rings (SSSR count). The number of benzene rings is 2. The van der Waals surface area contributed by atoms with Gasteiger partial charge in [-0.05, 0) is 36.9 Å². The molecule has 0 amide bonds. The van der Waals surface area contributed by atoms with E-state index in [0.717, 1.165) is 48.8 Å². The van der Waals surface area contributed by atoms with Crippen molar-refractivity contribution in [1.29, 1.82) is 0 Å². The molecule has 0 spiro atoms. The highest BCUT2D eigenvalue weighted by Crippen LogP contribution is 2.35. The molecule has 29 heavy (non-hydrogen) atoms. The third kappa shape index (κ3) is 4.22. The van der Waals surface area contributed by atoms with Crippen molar-refractivity contribution in [2.45, 2.75) is 20.8 Å². The molecule has 0 unspecified atom stereocenters. The van der Waals surface area contributed by atoms with Gasteiger partial charge in [0.25, 0.3) is 0 Å². The zero-order valence-corrected chi connectivity index (χ0v) is 18.6. The van der Waals surface area contributed by atoms with Crippen LogP contribution in [0.2, 0.25) is 5.02 Å². The highest BCUT2D eigenvalue weighted by molar-refractivity contribution is 7.96. The van der Waals surface area contributed by atoms with Crippen molar-refractivity contribution in [3.63, 3.8) is 0 Å². The van der Waals surface area contributed by atoms with Crippen LogP contribution in [0.3, 0.4) is 0 Å². The first-order valence-electron chi connectivity index (χ1n) is 9.66. The Balaban J connectivity index is 0.00000117. The van der Waals surface area contributed by atoms with Crippen molar-refractivity contribution in [1.82, 2.24) is 14.1 Å². The zero-order chi connectivity index (χ0) is 21.1. The second-order valence-corrected chi connectivity index (χ2v) is 7.80. The number of nitrogens with zero attached hydrogens (tertiary/aromatic N) is 4. The Morgan fingerprint density at radius 1 is 1.07 bits per heavy atom. The van der Waals surface area contributed by atoms with Crippen molar-refractivity contribution >= 4 is 40.1 Å². The lowest BCUT2D eigenvalue weighted by Crippen LogP contribution is -2.43. The molecule has 156 valence electrons. The van der Waals surface area contributed by atoms with E-state index in [0.29, 0.717) is 10.7 Å². The summed E-state index contributed by atoms with van der Waals surface area (Å²) in [6.07, 6.45) is 3.76. The summed E-state index contributed by atoms with van der Waals surface area (Å²) in [7, 11) is 0. The molecule has 1 fully saturated rings. The molecule has 1 saturated heterocycles. The van der Waals surface area contributed by atoms with Crippen LogP contribution in [0.4, 0.5) is 14.5 Å². The van der Waals surface area contributed by atoms with Gasteiger partial charge in [-0.25, -0.2) is 17.8 Å². The number of halogens is 3. The van der Waals surface area contributed by atoms with Gasteiger partial charge in [-0.1, -0.05) is 37.4 Å². The van der Waals surface area contributed by atoms with Crippen LogP contribution in [0.5, 0.6) is 0 Å². The van der Waals surface area contributed by atoms with Crippen LogP contribution in [0, 0.1) is 18.6 Å². The fraction of sp³-hybridized carbons (Fsp3) is 0.381. The van der Waals surface area contributed by atoms with Gasteiger partial charge in [-0.2, -0.15) is 5.10 Å². The summed E-state index contributed by atoms with van der Waals surface area (Å²) in [4.78, 5) is 2.27. The minimum atomic E-state index is -0.886. The van der Waals surface area contributed by atoms with E-state index in [1.165, 1.54) is 6.92 Å². The zero-order valence-electron chi connectivity index (χ0n) is 17.0. The highest BCUT2D eigenvalue weighted by Gasteiger charge is 2.21. The van der Waals surface area contributed by atoms with Gasteiger partial charge in [0, 0.05) is 37.6 Å². The third-order valence-corrected chi connectivity index (χ3v) is 6.22. The van der Waals surface area contributed by atoms with E-state index in [4.69, 9.17) is 11.6 Å². The second kappa shape index (κ2) is 9.32. The summed E-state index contributed by atoms with van der Waals surface area (Å²) >= 11 is 8.44. The van der Waals surface area contributed by atoms with E-state index in [1.807, 2.05) is 26.0 Å². The van der Waals surface area contributed by atoms with Crippen molar-refractivity contribution in [2.24, 2.45) is 0 Å². The van der Waals surface area contributed by atoms with Crippen LogP contribution in [0.15, 0.2) is 30.5 Å². The predicted molar refractivity (Wildman–Crippen MR) is 119 cm³/mol. The first-order valence-corrected chi connectivity index (χ1v) is 11.2. The number of aromatic nitrogens is 2. The molecule has 0 N–H and O–H groups in total. The quantitative estimate of drug-likeness (QED) is 0.490. The van der Waals surface area contributed by atoms with Gasteiger partial charge in [-0.3, -0.25) is 0 Å². The molecule has 3 aromatic rings. The number of piperazine rings is 1. The molecule has 0 bridgehead atoms. The lowest BCUT2D eigenvalue weighted by molar-refractivity contribution is 0.431. The summed E-state index contributed by atoms with van der Waals surface area (Å²) in [5, 5.41) is 5.79. The minimum absolute atomic E-state index is 0.239. The summed E-state index contributed by atoms with van der Waals surface area (Å²) in [5.41, 5.74) is 2.45. The first-order chi connectivity index (χ1) is 14.0. The Labute approximate surface area is 179 Å². The molecule has 0 atom stereocenters. The van der Waals surface area contributed by atoms with Crippen molar-refractivity contribution < 1.29 is 8.78 Å². The predicted octanol–water partition coefficient (Wildman–Crippen LogP) is 5.69. The standard InChI is InChI=1S/C19H19ClF2N4S.C2H6/c1-12-9-13(10-15(21)19(12)22)26-16-3-4-17(18(20)14(16)11-23-26)24-5-7-25(27-2)8-6-24;1-2/h3-4,9-11H,5-8H2,1-2H3;1-2H3. The van der Waals surface area contributed by atoms with Crippen LogP contribution in [0.1, 0.15) is 19.4 Å². The first kappa shape index (κ1) is 21.9. The summed E-state index contributed by atoms with van der Waals surface area (Å²) in [6.45, 7) is 9.30. The summed E-state index contributed by atoms with van der Waals surface area (Å²) < 4.78 is 31.3. The SMILES string of the molecule is CC.CSN1CCN(c2ccc3c(cnn3-c3cc(C)c(F)c(F)c3)c2Cl)CC1. The molecule has 4 nitrogen and oxygen atoms in total. The van der Waals surface area contributed by atoms with Gasteiger partial charge in [-0.15, -0.1) is 0 Å². The van der Waals surface area contributed by atoms with Crippen LogP contribution >= 0.6 is 23.5 Å². The number of aryl methyl sites for hydroxylation is 1. The fourth-order valence-corrected chi connectivity index (χ4v) is 4.31. The molecule has 1 aliphatic rings. The number of anilines is 1. The maximum Gasteiger partial charge on any atom is 0.161 e. The molecule has 1 aliphatic heterocycles. The lowest BCUT2D eigenvalue weighted by Gasteiger charge is -2.35. The maximum absolute atomic E-state index is 13.8. The Kier molecular flexibility index (Phi) is 7.03.